The second kappa shape index (κ2) is 9.89. The molecule has 0 bridgehead atoms. The van der Waals surface area contributed by atoms with Gasteiger partial charge in [0.05, 0.1) is 36.7 Å². The molecule has 0 radical (unpaired) electrons. The summed E-state index contributed by atoms with van der Waals surface area (Å²) in [7, 11) is -3.53. The lowest BCUT2D eigenvalue weighted by atomic mass is 10.2. The Kier molecular flexibility index (Phi) is 7.26. The van der Waals surface area contributed by atoms with Crippen LogP contribution in [0.4, 0.5) is 0 Å². The molecule has 1 aliphatic heterocycles. The summed E-state index contributed by atoms with van der Waals surface area (Å²) in [6.45, 7) is 4.36. The van der Waals surface area contributed by atoms with Crippen LogP contribution < -0.4 is 0 Å². The highest BCUT2D eigenvalue weighted by atomic mass is 32.2. The lowest BCUT2D eigenvalue weighted by Crippen LogP contribution is -2.51. The van der Waals surface area contributed by atoms with Crippen molar-refractivity contribution in [2.75, 3.05) is 39.3 Å². The third-order valence-corrected chi connectivity index (χ3v) is 7.03. The highest BCUT2D eigenvalue weighted by molar-refractivity contribution is 7.89. The third-order valence-electron chi connectivity index (χ3n) is 5.12. The average Bonchev–Trinajstić information content (AvgIpc) is 3.25. The van der Waals surface area contributed by atoms with E-state index in [-0.39, 0.29) is 18.9 Å². The molecule has 8 nitrogen and oxygen atoms in total. The zero-order valence-corrected chi connectivity index (χ0v) is 17.8. The van der Waals surface area contributed by atoms with E-state index in [2.05, 4.69) is 6.07 Å². The molecule has 0 unspecified atom stereocenters. The van der Waals surface area contributed by atoms with Gasteiger partial charge in [-0.3, -0.25) is 9.69 Å². The minimum absolute atomic E-state index is 0.100. The molecule has 1 amide bonds. The fourth-order valence-corrected chi connectivity index (χ4v) is 4.77. The summed E-state index contributed by atoms with van der Waals surface area (Å²) in [6, 6.07) is 12.5. The average molecular weight is 431 g/mol. The first kappa shape index (κ1) is 22.0. The van der Waals surface area contributed by atoms with Gasteiger partial charge < -0.3 is 9.32 Å². The van der Waals surface area contributed by atoms with Gasteiger partial charge in [-0.25, -0.2) is 8.42 Å². The second-order valence-electron chi connectivity index (χ2n) is 7.30. The molecule has 0 spiro atoms. The van der Waals surface area contributed by atoms with Crippen molar-refractivity contribution in [1.82, 2.24) is 14.1 Å². The number of rotatable bonds is 8. The molecule has 3 rings (SSSR count). The molecule has 9 heteroatoms. The summed E-state index contributed by atoms with van der Waals surface area (Å²) >= 11 is 0. The summed E-state index contributed by atoms with van der Waals surface area (Å²) in [5, 5.41) is 8.87. The number of aryl methyl sites for hydroxylation is 1. The standard InChI is InChI=1S/C21H26N4O4S/c1-18-5-7-20(8-6-18)30(27,28)25-13-11-23(12-14-25)17-21(26)24(10-3-9-22)16-19-4-2-15-29-19/h2,4-8,15H,3,10-14,16-17H2,1H3. The van der Waals surface area contributed by atoms with E-state index in [0.29, 0.717) is 49.9 Å². The van der Waals surface area contributed by atoms with Gasteiger partial charge in [-0.15, -0.1) is 0 Å². The fourth-order valence-electron chi connectivity index (χ4n) is 3.35. The Morgan fingerprint density at radius 3 is 2.47 bits per heavy atom. The maximum Gasteiger partial charge on any atom is 0.243 e. The molecule has 1 aliphatic rings. The van der Waals surface area contributed by atoms with Gasteiger partial charge in [0, 0.05) is 32.7 Å². The number of carbonyl (C=O) groups excluding carboxylic acids is 1. The highest BCUT2D eigenvalue weighted by Crippen LogP contribution is 2.18. The largest absolute Gasteiger partial charge is 0.467 e. The highest BCUT2D eigenvalue weighted by Gasteiger charge is 2.29. The van der Waals surface area contributed by atoms with E-state index in [1.165, 1.54) is 4.31 Å². The summed E-state index contributed by atoms with van der Waals surface area (Å²) in [5.41, 5.74) is 1.01. The van der Waals surface area contributed by atoms with Gasteiger partial charge in [-0.1, -0.05) is 17.7 Å². The lowest BCUT2D eigenvalue weighted by Gasteiger charge is -2.34. The van der Waals surface area contributed by atoms with Crippen molar-refractivity contribution in [3.05, 3.63) is 54.0 Å². The first-order chi connectivity index (χ1) is 14.4. The number of benzene rings is 1. The topological polar surface area (TPSA) is 97.9 Å². The van der Waals surface area contributed by atoms with Crippen molar-refractivity contribution in [3.8, 4) is 6.07 Å². The molecule has 160 valence electrons. The summed E-state index contributed by atoms with van der Waals surface area (Å²) in [5.74, 6) is 0.562. The van der Waals surface area contributed by atoms with Gasteiger partial charge in [-0.2, -0.15) is 9.57 Å². The number of sulfonamides is 1. The number of hydrogen-bond acceptors (Lipinski definition) is 6. The van der Waals surface area contributed by atoms with Gasteiger partial charge >= 0.3 is 0 Å². The quantitative estimate of drug-likeness (QED) is 0.634. The van der Waals surface area contributed by atoms with Crippen LogP contribution in [0.3, 0.4) is 0 Å². The predicted octanol–water partition coefficient (Wildman–Crippen LogP) is 1.84. The van der Waals surface area contributed by atoms with Crippen molar-refractivity contribution in [2.24, 2.45) is 0 Å². The van der Waals surface area contributed by atoms with Crippen LogP contribution in [-0.4, -0.2) is 67.7 Å². The summed E-state index contributed by atoms with van der Waals surface area (Å²) < 4.78 is 32.4. The van der Waals surface area contributed by atoms with Crippen LogP contribution >= 0.6 is 0 Å². The van der Waals surface area contributed by atoms with Gasteiger partial charge in [0.2, 0.25) is 15.9 Å². The van der Waals surface area contributed by atoms with Crippen LogP contribution in [0.25, 0.3) is 0 Å². The number of hydrogen-bond donors (Lipinski definition) is 0. The number of furan rings is 1. The van der Waals surface area contributed by atoms with Gasteiger partial charge in [0.1, 0.15) is 5.76 Å². The van der Waals surface area contributed by atoms with Crippen molar-refractivity contribution >= 4 is 15.9 Å². The molecule has 0 saturated carbocycles. The van der Waals surface area contributed by atoms with E-state index in [0.717, 1.165) is 5.56 Å². The van der Waals surface area contributed by atoms with Crippen molar-refractivity contribution in [3.63, 3.8) is 0 Å². The Bertz CT molecular complexity index is 973. The normalized spacial score (nSPS) is 15.6. The maximum absolute atomic E-state index is 12.8. The Labute approximate surface area is 177 Å². The fraction of sp³-hybridized carbons (Fsp3) is 0.429. The molecule has 0 N–H and O–H groups in total. The molecule has 2 heterocycles. The monoisotopic (exact) mass is 430 g/mol. The van der Waals surface area contributed by atoms with Crippen LogP contribution in [0.15, 0.2) is 52.0 Å². The molecule has 1 aromatic carbocycles. The molecule has 0 atom stereocenters. The molecule has 2 aromatic rings. The van der Waals surface area contributed by atoms with Crippen LogP contribution in [0.5, 0.6) is 0 Å². The third kappa shape index (κ3) is 5.48. The molecule has 1 aromatic heterocycles. The smallest absolute Gasteiger partial charge is 0.243 e. The predicted molar refractivity (Wildman–Crippen MR) is 111 cm³/mol. The van der Waals surface area contributed by atoms with E-state index in [4.69, 9.17) is 9.68 Å². The van der Waals surface area contributed by atoms with E-state index in [1.807, 2.05) is 11.8 Å². The van der Waals surface area contributed by atoms with Crippen LogP contribution in [0, 0.1) is 18.3 Å². The summed E-state index contributed by atoms with van der Waals surface area (Å²) in [6.07, 6.45) is 1.80. The van der Waals surface area contributed by atoms with E-state index >= 15 is 0 Å². The molecule has 0 aliphatic carbocycles. The lowest BCUT2D eigenvalue weighted by molar-refractivity contribution is -0.133. The van der Waals surface area contributed by atoms with Gasteiger partial charge in [-0.05, 0) is 31.2 Å². The molecular formula is C21H26N4O4S. The molecule has 1 saturated heterocycles. The molecular weight excluding hydrogens is 404 g/mol. The van der Waals surface area contributed by atoms with Crippen molar-refractivity contribution < 1.29 is 17.6 Å². The number of piperazine rings is 1. The van der Waals surface area contributed by atoms with Crippen LogP contribution in [-0.2, 0) is 21.4 Å². The van der Waals surface area contributed by atoms with Crippen LogP contribution in [0.1, 0.15) is 17.7 Å². The van der Waals surface area contributed by atoms with Gasteiger partial charge in [0.15, 0.2) is 0 Å². The Balaban J connectivity index is 1.56. The van der Waals surface area contributed by atoms with E-state index < -0.39 is 10.0 Å². The van der Waals surface area contributed by atoms with Crippen molar-refractivity contribution in [2.45, 2.75) is 24.8 Å². The maximum atomic E-state index is 12.8. The van der Waals surface area contributed by atoms with E-state index in [1.54, 1.807) is 47.6 Å². The summed E-state index contributed by atoms with van der Waals surface area (Å²) in [4.78, 5) is 16.6. The number of carbonyl (C=O) groups is 1. The number of nitriles is 1. The first-order valence-electron chi connectivity index (χ1n) is 9.86. The second-order valence-corrected chi connectivity index (χ2v) is 9.23. The SMILES string of the molecule is Cc1ccc(S(=O)(=O)N2CCN(CC(=O)N(CCC#N)Cc3ccco3)CC2)cc1. The van der Waals surface area contributed by atoms with Gasteiger partial charge in [0.25, 0.3) is 0 Å². The van der Waals surface area contributed by atoms with E-state index in [9.17, 15) is 13.2 Å². The Morgan fingerprint density at radius 2 is 1.87 bits per heavy atom. The molecule has 30 heavy (non-hydrogen) atoms. The number of nitrogens with zero attached hydrogens (tertiary/aromatic N) is 4. The minimum Gasteiger partial charge on any atom is -0.467 e. The zero-order valence-electron chi connectivity index (χ0n) is 17.0. The number of amides is 1. The Morgan fingerprint density at radius 1 is 1.17 bits per heavy atom. The van der Waals surface area contributed by atoms with Crippen molar-refractivity contribution in [1.29, 1.82) is 5.26 Å². The van der Waals surface area contributed by atoms with Crippen LogP contribution in [0.2, 0.25) is 0 Å². The minimum atomic E-state index is -3.53. The first-order valence-corrected chi connectivity index (χ1v) is 11.3. The molecule has 1 fully saturated rings. The zero-order chi connectivity index (χ0) is 21.6. The Hall–Kier alpha value is -2.67.